The number of methoxy groups -OCH3 is 1. The van der Waals surface area contributed by atoms with Crippen LogP contribution in [0.25, 0.3) is 0 Å². The third kappa shape index (κ3) is 2.45. The van der Waals surface area contributed by atoms with Crippen LogP contribution in [-0.4, -0.2) is 36.6 Å². The maximum absolute atomic E-state index is 11.2. The molecule has 0 radical (unpaired) electrons. The molecular weight excluding hydrogens is 190 g/mol. The molecule has 0 aromatic heterocycles. The summed E-state index contributed by atoms with van der Waals surface area (Å²) in [5.74, 6) is -3.00. The molecule has 0 spiro atoms. The fraction of sp³-hybridized carbons (Fsp3) is 0.625. The van der Waals surface area contributed by atoms with Gasteiger partial charge in [0, 0.05) is 0 Å². The summed E-state index contributed by atoms with van der Waals surface area (Å²) in [6.45, 7) is -0.210. The van der Waals surface area contributed by atoms with Crippen molar-refractivity contribution >= 4 is 17.8 Å². The van der Waals surface area contributed by atoms with E-state index >= 15 is 0 Å². The molecule has 0 aromatic carbocycles. The minimum absolute atomic E-state index is 0.210. The Kier molecular flexibility index (Phi) is 3.06. The molecule has 1 rings (SSSR count). The predicted octanol–water partition coefficient (Wildman–Crippen LogP) is -1.00. The highest BCUT2D eigenvalue weighted by Gasteiger charge is 2.48. The van der Waals surface area contributed by atoms with E-state index in [0.717, 1.165) is 0 Å². The summed E-state index contributed by atoms with van der Waals surface area (Å²) in [7, 11) is 1.21. The number of esters is 1. The van der Waals surface area contributed by atoms with Crippen molar-refractivity contribution in [1.29, 1.82) is 0 Å². The zero-order chi connectivity index (χ0) is 10.7. The van der Waals surface area contributed by atoms with Gasteiger partial charge < -0.3 is 15.2 Å². The van der Waals surface area contributed by atoms with E-state index < -0.39 is 29.7 Å². The molecule has 0 heterocycles. The summed E-state index contributed by atoms with van der Waals surface area (Å²) in [5, 5.41) is 10.8. The average molecular weight is 201 g/mol. The lowest BCUT2D eigenvalue weighted by atomic mass is 10.3. The Bertz CT molecular complexity index is 275. The highest BCUT2D eigenvalue weighted by molar-refractivity contribution is 5.91. The maximum Gasteiger partial charge on any atom is 0.325 e. The van der Waals surface area contributed by atoms with Gasteiger partial charge in [-0.3, -0.25) is 14.4 Å². The van der Waals surface area contributed by atoms with Gasteiger partial charge in [0.1, 0.15) is 6.54 Å². The fourth-order valence-corrected chi connectivity index (χ4v) is 1.12. The lowest BCUT2D eigenvalue weighted by molar-refractivity contribution is -0.141. The van der Waals surface area contributed by atoms with E-state index in [9.17, 15) is 14.4 Å². The smallest absolute Gasteiger partial charge is 0.325 e. The van der Waals surface area contributed by atoms with Crippen LogP contribution in [0.1, 0.15) is 6.42 Å². The second-order valence-electron chi connectivity index (χ2n) is 3.08. The quantitative estimate of drug-likeness (QED) is 0.569. The van der Waals surface area contributed by atoms with Crippen molar-refractivity contribution in [3.05, 3.63) is 0 Å². The van der Waals surface area contributed by atoms with Crippen LogP contribution in [-0.2, 0) is 19.1 Å². The van der Waals surface area contributed by atoms with E-state index in [0.29, 0.717) is 6.42 Å². The molecule has 0 aliphatic heterocycles. The van der Waals surface area contributed by atoms with Crippen molar-refractivity contribution in [2.24, 2.45) is 11.8 Å². The van der Waals surface area contributed by atoms with Crippen LogP contribution in [0.15, 0.2) is 0 Å². The van der Waals surface area contributed by atoms with Crippen LogP contribution < -0.4 is 5.32 Å². The minimum atomic E-state index is -0.969. The van der Waals surface area contributed by atoms with E-state index in [2.05, 4.69) is 10.1 Å². The first-order valence-electron chi connectivity index (χ1n) is 4.13. The Labute approximate surface area is 80.2 Å². The number of nitrogens with one attached hydrogen (secondary N) is 1. The second-order valence-corrected chi connectivity index (χ2v) is 3.08. The van der Waals surface area contributed by atoms with Crippen LogP contribution in [0, 0.1) is 11.8 Å². The van der Waals surface area contributed by atoms with Gasteiger partial charge in [0.25, 0.3) is 0 Å². The predicted molar refractivity (Wildman–Crippen MR) is 44.3 cm³/mol. The summed E-state index contributed by atoms with van der Waals surface area (Å²) < 4.78 is 4.31. The number of carbonyl (C=O) groups is 3. The standard InChI is InChI=1S/C8H11NO5/c1-14-6(10)3-9-7(11)4-2-5(4)8(12)13/h4-5H,2-3H2,1H3,(H,9,11)(H,12,13). The number of aliphatic carboxylic acids is 1. The monoisotopic (exact) mass is 201 g/mol. The first-order chi connectivity index (χ1) is 6.56. The third-order valence-electron chi connectivity index (χ3n) is 2.08. The maximum atomic E-state index is 11.2. The van der Waals surface area contributed by atoms with Gasteiger partial charge in [-0.2, -0.15) is 0 Å². The number of carboxylic acid groups (broad SMARTS) is 1. The second kappa shape index (κ2) is 4.08. The third-order valence-corrected chi connectivity index (χ3v) is 2.08. The van der Waals surface area contributed by atoms with Gasteiger partial charge >= 0.3 is 11.9 Å². The number of hydrogen-bond donors (Lipinski definition) is 2. The van der Waals surface area contributed by atoms with Crippen LogP contribution in [0.3, 0.4) is 0 Å². The summed E-state index contributed by atoms with van der Waals surface area (Å²) in [6, 6.07) is 0. The first kappa shape index (κ1) is 10.5. The van der Waals surface area contributed by atoms with Gasteiger partial charge in [-0.25, -0.2) is 0 Å². The Hall–Kier alpha value is -1.59. The van der Waals surface area contributed by atoms with Crippen LogP contribution in [0.4, 0.5) is 0 Å². The van der Waals surface area contributed by atoms with E-state index in [1.165, 1.54) is 7.11 Å². The van der Waals surface area contributed by atoms with Crippen molar-refractivity contribution in [2.45, 2.75) is 6.42 Å². The normalized spacial score (nSPS) is 23.8. The topological polar surface area (TPSA) is 92.7 Å². The Morgan fingerprint density at radius 2 is 2.07 bits per heavy atom. The number of carbonyl (C=O) groups excluding carboxylic acids is 2. The SMILES string of the molecule is COC(=O)CNC(=O)C1CC1C(=O)O. The van der Waals surface area contributed by atoms with Crippen molar-refractivity contribution in [3.8, 4) is 0 Å². The van der Waals surface area contributed by atoms with Gasteiger partial charge in [-0.1, -0.05) is 0 Å². The van der Waals surface area contributed by atoms with Gasteiger partial charge in [-0.15, -0.1) is 0 Å². The molecule has 1 amide bonds. The van der Waals surface area contributed by atoms with Gasteiger partial charge in [0.05, 0.1) is 18.9 Å². The van der Waals surface area contributed by atoms with Crippen LogP contribution in [0.5, 0.6) is 0 Å². The Morgan fingerprint density at radius 3 is 2.50 bits per heavy atom. The number of hydrogen-bond acceptors (Lipinski definition) is 4. The van der Waals surface area contributed by atoms with Crippen molar-refractivity contribution in [2.75, 3.05) is 13.7 Å². The van der Waals surface area contributed by atoms with Crippen LogP contribution in [0.2, 0.25) is 0 Å². The van der Waals surface area contributed by atoms with Gasteiger partial charge in [0.15, 0.2) is 0 Å². The summed E-state index contributed by atoms with van der Waals surface area (Å²) in [6.07, 6.45) is 0.350. The van der Waals surface area contributed by atoms with Crippen LogP contribution >= 0.6 is 0 Å². The lowest BCUT2D eigenvalue weighted by Crippen LogP contribution is -2.32. The van der Waals surface area contributed by atoms with Gasteiger partial charge in [0.2, 0.25) is 5.91 Å². The molecule has 0 saturated heterocycles. The lowest BCUT2D eigenvalue weighted by Gasteiger charge is -2.01. The van der Waals surface area contributed by atoms with E-state index in [1.54, 1.807) is 0 Å². The molecule has 1 aliphatic carbocycles. The largest absolute Gasteiger partial charge is 0.481 e. The molecule has 6 nitrogen and oxygen atoms in total. The molecule has 1 aliphatic rings. The van der Waals surface area contributed by atoms with E-state index in [1.807, 2.05) is 0 Å². The minimum Gasteiger partial charge on any atom is -0.481 e. The molecule has 1 fully saturated rings. The summed E-state index contributed by atoms with van der Waals surface area (Å²) in [4.78, 5) is 32.2. The molecule has 14 heavy (non-hydrogen) atoms. The molecule has 0 aromatic rings. The summed E-state index contributed by atoms with van der Waals surface area (Å²) in [5.41, 5.74) is 0. The highest BCUT2D eigenvalue weighted by Crippen LogP contribution is 2.38. The van der Waals surface area contributed by atoms with E-state index in [-0.39, 0.29) is 6.54 Å². The molecule has 2 unspecified atom stereocenters. The molecule has 78 valence electrons. The fourth-order valence-electron chi connectivity index (χ4n) is 1.12. The van der Waals surface area contributed by atoms with E-state index in [4.69, 9.17) is 5.11 Å². The molecule has 2 N–H and O–H groups in total. The van der Waals surface area contributed by atoms with Crippen molar-refractivity contribution in [1.82, 2.24) is 5.32 Å². The number of carboxylic acids is 1. The highest BCUT2D eigenvalue weighted by atomic mass is 16.5. The molecule has 6 heteroatoms. The number of amides is 1. The van der Waals surface area contributed by atoms with Crippen molar-refractivity contribution < 1.29 is 24.2 Å². The Morgan fingerprint density at radius 1 is 1.43 bits per heavy atom. The molecular formula is C8H11NO5. The zero-order valence-electron chi connectivity index (χ0n) is 7.65. The number of ether oxygens (including phenoxy) is 1. The number of rotatable bonds is 4. The van der Waals surface area contributed by atoms with Crippen molar-refractivity contribution in [3.63, 3.8) is 0 Å². The zero-order valence-corrected chi connectivity index (χ0v) is 7.65. The molecule has 1 saturated carbocycles. The Balaban J connectivity index is 2.25. The average Bonchev–Trinajstić information content (AvgIpc) is 2.92. The molecule has 2 atom stereocenters. The summed E-state index contributed by atoms with van der Waals surface area (Å²) >= 11 is 0. The first-order valence-corrected chi connectivity index (χ1v) is 4.13. The molecule has 0 bridgehead atoms. The van der Waals surface area contributed by atoms with Gasteiger partial charge in [-0.05, 0) is 6.42 Å².